The number of phenolic OH excluding ortho intramolecular Hbond substituents is 4. The Labute approximate surface area is 204 Å². The highest BCUT2D eigenvalue weighted by atomic mass is 16.4. The van der Waals surface area contributed by atoms with Crippen molar-refractivity contribution in [3.05, 3.63) is 56.8 Å². The fourth-order valence-corrected chi connectivity index (χ4v) is 4.16. The molecule has 0 aliphatic rings. The van der Waals surface area contributed by atoms with Gasteiger partial charge in [0.2, 0.25) is 11.2 Å². The zero-order valence-electron chi connectivity index (χ0n) is 20.9. The minimum atomic E-state index is -1.04. The first-order valence-corrected chi connectivity index (χ1v) is 11.7. The van der Waals surface area contributed by atoms with Crippen LogP contribution < -0.4 is 5.43 Å². The van der Waals surface area contributed by atoms with E-state index < -0.39 is 28.3 Å². The van der Waals surface area contributed by atoms with Crippen LogP contribution in [0.15, 0.2) is 44.6 Å². The first kappa shape index (κ1) is 26.2. The van der Waals surface area contributed by atoms with E-state index >= 15 is 0 Å². The fraction of sp³-hybridized carbons (Fsp3) is 0.393. The number of aliphatic hydroxyl groups is 1. The average Bonchev–Trinajstić information content (AvgIpc) is 2.73. The van der Waals surface area contributed by atoms with Gasteiger partial charge in [-0.05, 0) is 72.3 Å². The molecular formula is C28H34O7. The summed E-state index contributed by atoms with van der Waals surface area (Å²) in [4.78, 5) is 13.5. The van der Waals surface area contributed by atoms with E-state index in [9.17, 15) is 30.3 Å². The standard InChI is InChI=1S/C28H34O7/c1-15(2)7-6-8-16(3)9-10-19-18(11-12-28(4,5)34)22-25(32)23-20(30)13-17(29)14-21(23)35-27(22)26(33)24(19)31/h7,9,13-14,29-31,33-34H,6,8,10-12H2,1-5H3/b16-9+. The average molecular weight is 483 g/mol. The van der Waals surface area contributed by atoms with Crippen molar-refractivity contribution in [1.29, 1.82) is 0 Å². The van der Waals surface area contributed by atoms with Crippen molar-refractivity contribution >= 4 is 21.9 Å². The van der Waals surface area contributed by atoms with E-state index in [4.69, 9.17) is 4.42 Å². The van der Waals surface area contributed by atoms with Gasteiger partial charge >= 0.3 is 0 Å². The van der Waals surface area contributed by atoms with Crippen molar-refractivity contribution in [1.82, 2.24) is 0 Å². The Morgan fingerprint density at radius 1 is 0.971 bits per heavy atom. The van der Waals surface area contributed by atoms with Gasteiger partial charge in [-0.2, -0.15) is 0 Å². The lowest BCUT2D eigenvalue weighted by molar-refractivity contribution is 0.0714. The SMILES string of the molecule is CC(C)=CCC/C(C)=C/Cc1c(O)c(O)c2oc3cc(O)cc(O)c3c(=O)c2c1CCC(C)(C)O. The van der Waals surface area contributed by atoms with Crippen molar-refractivity contribution in [2.45, 2.75) is 72.3 Å². The van der Waals surface area contributed by atoms with Crippen molar-refractivity contribution in [3.63, 3.8) is 0 Å². The van der Waals surface area contributed by atoms with Crippen LogP contribution in [0, 0.1) is 0 Å². The lowest BCUT2D eigenvalue weighted by atomic mass is 9.89. The van der Waals surface area contributed by atoms with Crippen LogP contribution in [-0.2, 0) is 12.8 Å². The molecule has 3 rings (SSSR count). The number of rotatable bonds is 8. The van der Waals surface area contributed by atoms with Crippen LogP contribution in [0.25, 0.3) is 21.9 Å². The van der Waals surface area contributed by atoms with Crippen LogP contribution in [0.2, 0.25) is 0 Å². The van der Waals surface area contributed by atoms with E-state index in [1.54, 1.807) is 13.8 Å². The summed E-state index contributed by atoms with van der Waals surface area (Å²) >= 11 is 0. The summed E-state index contributed by atoms with van der Waals surface area (Å²) in [6, 6.07) is 2.21. The van der Waals surface area contributed by atoms with Crippen LogP contribution in [0.4, 0.5) is 0 Å². The second-order valence-electron chi connectivity index (χ2n) is 10.0. The van der Waals surface area contributed by atoms with Crippen molar-refractivity contribution in [2.24, 2.45) is 0 Å². The van der Waals surface area contributed by atoms with Crippen LogP contribution in [0.3, 0.4) is 0 Å². The summed E-state index contributed by atoms with van der Waals surface area (Å²) in [7, 11) is 0. The third-order valence-electron chi connectivity index (χ3n) is 6.08. The van der Waals surface area contributed by atoms with Gasteiger partial charge in [-0.15, -0.1) is 0 Å². The molecule has 0 fully saturated rings. The van der Waals surface area contributed by atoms with E-state index in [-0.39, 0.29) is 47.0 Å². The Balaban J connectivity index is 2.26. The summed E-state index contributed by atoms with van der Waals surface area (Å²) in [6.45, 7) is 9.36. The van der Waals surface area contributed by atoms with E-state index in [2.05, 4.69) is 6.08 Å². The molecule has 0 saturated carbocycles. The minimum absolute atomic E-state index is 0.0311. The summed E-state index contributed by atoms with van der Waals surface area (Å²) in [5.74, 6) is -1.75. The highest BCUT2D eigenvalue weighted by molar-refractivity contribution is 5.99. The first-order valence-electron chi connectivity index (χ1n) is 11.7. The molecule has 0 unspecified atom stereocenters. The molecule has 2 aromatic carbocycles. The number of aryl methyl sites for hydroxylation is 1. The largest absolute Gasteiger partial charge is 0.508 e. The monoisotopic (exact) mass is 482 g/mol. The zero-order chi connectivity index (χ0) is 26.1. The molecule has 0 saturated heterocycles. The molecular weight excluding hydrogens is 448 g/mol. The number of fused-ring (bicyclic) bond motifs is 2. The maximum Gasteiger partial charge on any atom is 0.204 e. The smallest absolute Gasteiger partial charge is 0.204 e. The van der Waals surface area contributed by atoms with Gasteiger partial charge in [0.25, 0.3) is 0 Å². The lowest BCUT2D eigenvalue weighted by Crippen LogP contribution is -2.20. The molecule has 7 heteroatoms. The molecule has 35 heavy (non-hydrogen) atoms. The second-order valence-corrected chi connectivity index (χ2v) is 10.0. The van der Waals surface area contributed by atoms with Crippen LogP contribution in [0.5, 0.6) is 23.0 Å². The Kier molecular flexibility index (Phi) is 7.50. The summed E-state index contributed by atoms with van der Waals surface area (Å²) in [5, 5.41) is 52.1. The normalized spacial score (nSPS) is 12.5. The number of aromatic hydroxyl groups is 4. The molecule has 0 radical (unpaired) electrons. The van der Waals surface area contributed by atoms with Crippen LogP contribution >= 0.6 is 0 Å². The molecule has 0 bridgehead atoms. The predicted molar refractivity (Wildman–Crippen MR) is 137 cm³/mol. The number of hydrogen-bond acceptors (Lipinski definition) is 7. The first-order chi connectivity index (χ1) is 16.3. The summed E-state index contributed by atoms with van der Waals surface area (Å²) in [5.41, 5.74) is 1.14. The quantitative estimate of drug-likeness (QED) is 0.158. The van der Waals surface area contributed by atoms with Gasteiger partial charge in [0, 0.05) is 17.7 Å². The van der Waals surface area contributed by atoms with E-state index in [1.165, 1.54) is 5.57 Å². The maximum atomic E-state index is 13.5. The van der Waals surface area contributed by atoms with Crippen molar-refractivity contribution in [2.75, 3.05) is 0 Å². The van der Waals surface area contributed by atoms with Crippen molar-refractivity contribution < 1.29 is 29.9 Å². The molecule has 5 N–H and O–H groups in total. The molecule has 1 heterocycles. The molecule has 0 aliphatic heterocycles. The summed E-state index contributed by atoms with van der Waals surface area (Å²) < 4.78 is 5.71. The topological polar surface area (TPSA) is 131 Å². The molecule has 0 atom stereocenters. The van der Waals surface area contributed by atoms with E-state index in [0.29, 0.717) is 11.1 Å². The molecule has 0 aliphatic carbocycles. The Hall–Kier alpha value is -3.45. The third kappa shape index (κ3) is 5.80. The second kappa shape index (κ2) is 10.0. The Morgan fingerprint density at radius 3 is 2.29 bits per heavy atom. The summed E-state index contributed by atoms with van der Waals surface area (Å²) in [6.07, 6.45) is 6.57. The molecule has 0 spiro atoms. The molecule has 1 aromatic heterocycles. The predicted octanol–water partition coefficient (Wildman–Crippen LogP) is 5.71. The number of benzene rings is 2. The van der Waals surface area contributed by atoms with Crippen LogP contribution in [0.1, 0.15) is 65.0 Å². The van der Waals surface area contributed by atoms with Crippen molar-refractivity contribution in [3.8, 4) is 23.0 Å². The van der Waals surface area contributed by atoms with Gasteiger partial charge in [-0.3, -0.25) is 4.79 Å². The molecule has 7 nitrogen and oxygen atoms in total. The maximum absolute atomic E-state index is 13.5. The van der Waals surface area contributed by atoms with Gasteiger partial charge in [0.05, 0.1) is 11.0 Å². The highest BCUT2D eigenvalue weighted by Gasteiger charge is 2.26. The van der Waals surface area contributed by atoms with Crippen LogP contribution in [-0.4, -0.2) is 31.1 Å². The minimum Gasteiger partial charge on any atom is -0.508 e. The highest BCUT2D eigenvalue weighted by Crippen LogP contribution is 2.43. The van der Waals surface area contributed by atoms with Gasteiger partial charge in [-0.25, -0.2) is 0 Å². The third-order valence-corrected chi connectivity index (χ3v) is 6.08. The molecule has 188 valence electrons. The van der Waals surface area contributed by atoms with Gasteiger partial charge in [0.1, 0.15) is 22.5 Å². The molecule has 0 amide bonds. The number of hydrogen-bond donors (Lipinski definition) is 5. The van der Waals surface area contributed by atoms with Gasteiger partial charge in [-0.1, -0.05) is 23.3 Å². The lowest BCUT2D eigenvalue weighted by Gasteiger charge is -2.20. The Morgan fingerprint density at radius 2 is 1.66 bits per heavy atom. The number of phenols is 4. The van der Waals surface area contributed by atoms with Gasteiger partial charge < -0.3 is 29.9 Å². The van der Waals surface area contributed by atoms with Gasteiger partial charge in [0.15, 0.2) is 11.3 Å². The molecule has 3 aromatic rings. The van der Waals surface area contributed by atoms with E-state index in [0.717, 1.165) is 30.5 Å². The van der Waals surface area contributed by atoms with E-state index in [1.807, 2.05) is 26.8 Å². The number of allylic oxidation sites excluding steroid dienone is 4. The zero-order valence-corrected chi connectivity index (χ0v) is 20.9. The Bertz CT molecular complexity index is 1380. The fourth-order valence-electron chi connectivity index (χ4n) is 4.16.